The van der Waals surface area contributed by atoms with Crippen molar-refractivity contribution in [1.29, 1.82) is 0 Å². The second-order valence-corrected chi connectivity index (χ2v) is 8.28. The molecular formula is C19H22N4O2S. The molecule has 0 spiro atoms. The lowest BCUT2D eigenvalue weighted by Gasteiger charge is -2.38. The Bertz CT molecular complexity index is 916. The summed E-state index contributed by atoms with van der Waals surface area (Å²) >= 11 is 1.49. The molecule has 2 aliphatic rings. The van der Waals surface area contributed by atoms with Crippen molar-refractivity contribution in [1.82, 2.24) is 14.8 Å². The van der Waals surface area contributed by atoms with Crippen LogP contribution in [0.15, 0.2) is 40.7 Å². The van der Waals surface area contributed by atoms with Gasteiger partial charge in [0.25, 0.3) is 0 Å². The molecule has 0 saturated carbocycles. The third-order valence-electron chi connectivity index (χ3n) is 4.90. The minimum atomic E-state index is -0.284. The Balaban J connectivity index is 1.91. The fourth-order valence-corrected chi connectivity index (χ4v) is 4.14. The van der Waals surface area contributed by atoms with E-state index in [1.807, 2.05) is 35.2 Å². The van der Waals surface area contributed by atoms with Gasteiger partial charge in [-0.15, -0.1) is 5.10 Å². The number of rotatable bonds is 3. The maximum absolute atomic E-state index is 13.1. The summed E-state index contributed by atoms with van der Waals surface area (Å²) in [6.45, 7) is 4.26. The summed E-state index contributed by atoms with van der Waals surface area (Å²) in [6, 6.07) is 7.55. The standard InChI is InChI=1S/C19H22N4O2S/c1-19(2)9-13-15(14(24)10-19)16(11-6-5-7-12(8-11)25-3)23-17(20-13)21-18(22-23)26-4/h5-8,16H,9-10H2,1-4H3,(H,20,21,22)/t16-/m1/s1. The van der Waals surface area contributed by atoms with E-state index in [1.54, 1.807) is 7.11 Å². The number of nitrogens with one attached hydrogen (secondary N) is 1. The van der Waals surface area contributed by atoms with E-state index < -0.39 is 0 Å². The fourth-order valence-electron chi connectivity index (χ4n) is 3.80. The summed E-state index contributed by atoms with van der Waals surface area (Å²) in [5.74, 6) is 1.62. The zero-order valence-corrected chi connectivity index (χ0v) is 16.2. The van der Waals surface area contributed by atoms with Crippen molar-refractivity contribution in [3.63, 3.8) is 0 Å². The Labute approximate surface area is 157 Å². The predicted molar refractivity (Wildman–Crippen MR) is 102 cm³/mol. The van der Waals surface area contributed by atoms with Gasteiger partial charge in [-0.3, -0.25) is 4.79 Å². The normalized spacial score (nSPS) is 21.1. The highest BCUT2D eigenvalue weighted by Crippen LogP contribution is 2.45. The molecule has 7 heteroatoms. The van der Waals surface area contributed by atoms with Crippen molar-refractivity contribution in [2.75, 3.05) is 18.7 Å². The third kappa shape index (κ3) is 2.80. The third-order valence-corrected chi connectivity index (χ3v) is 5.44. The Morgan fingerprint density at radius 3 is 2.88 bits per heavy atom. The van der Waals surface area contributed by atoms with Crippen LogP contribution in [0.5, 0.6) is 5.75 Å². The van der Waals surface area contributed by atoms with Crippen LogP contribution in [0.3, 0.4) is 0 Å². The molecule has 0 fully saturated rings. The Kier molecular flexibility index (Phi) is 4.06. The summed E-state index contributed by atoms with van der Waals surface area (Å²) in [7, 11) is 1.65. The van der Waals surface area contributed by atoms with Crippen LogP contribution in [-0.2, 0) is 4.79 Å². The highest BCUT2D eigenvalue weighted by molar-refractivity contribution is 7.98. The summed E-state index contributed by atoms with van der Waals surface area (Å²) in [6.07, 6.45) is 3.30. The highest BCUT2D eigenvalue weighted by atomic mass is 32.2. The number of aromatic nitrogens is 3. The van der Waals surface area contributed by atoms with Crippen molar-refractivity contribution in [3.05, 3.63) is 41.1 Å². The number of benzene rings is 1. The molecule has 0 saturated heterocycles. The van der Waals surface area contributed by atoms with Gasteiger partial charge in [-0.2, -0.15) is 4.98 Å². The van der Waals surface area contributed by atoms with Gasteiger partial charge in [0.1, 0.15) is 11.8 Å². The number of hydrogen-bond acceptors (Lipinski definition) is 6. The van der Waals surface area contributed by atoms with Gasteiger partial charge in [-0.1, -0.05) is 37.7 Å². The first-order valence-corrected chi connectivity index (χ1v) is 9.82. The van der Waals surface area contributed by atoms with Crippen LogP contribution >= 0.6 is 11.8 Å². The van der Waals surface area contributed by atoms with Crippen molar-refractivity contribution < 1.29 is 9.53 Å². The van der Waals surface area contributed by atoms with Crippen LogP contribution in [0.4, 0.5) is 5.95 Å². The van der Waals surface area contributed by atoms with Crippen LogP contribution < -0.4 is 10.1 Å². The molecule has 2 aromatic rings. The molecule has 1 atom stereocenters. The number of nitrogens with zero attached hydrogens (tertiary/aromatic N) is 3. The van der Waals surface area contributed by atoms with Crippen molar-refractivity contribution >= 4 is 23.5 Å². The smallest absolute Gasteiger partial charge is 0.227 e. The Hall–Kier alpha value is -2.28. The van der Waals surface area contributed by atoms with E-state index >= 15 is 0 Å². The van der Waals surface area contributed by atoms with Crippen LogP contribution in [-0.4, -0.2) is 33.9 Å². The van der Waals surface area contributed by atoms with Gasteiger partial charge < -0.3 is 10.1 Å². The van der Waals surface area contributed by atoms with Crippen molar-refractivity contribution in [3.8, 4) is 5.75 Å². The van der Waals surface area contributed by atoms with Gasteiger partial charge >= 0.3 is 0 Å². The van der Waals surface area contributed by atoms with Crippen LogP contribution in [0.25, 0.3) is 0 Å². The van der Waals surface area contributed by atoms with Crippen LogP contribution in [0.2, 0.25) is 0 Å². The quantitative estimate of drug-likeness (QED) is 0.832. The fraction of sp³-hybridized carbons (Fsp3) is 0.421. The number of carbonyl (C=O) groups excluding carboxylic acids is 1. The molecule has 0 unspecified atom stereocenters. The zero-order valence-electron chi connectivity index (χ0n) is 15.4. The molecule has 0 amide bonds. The summed E-state index contributed by atoms with van der Waals surface area (Å²) in [4.78, 5) is 17.7. The molecule has 1 aliphatic heterocycles. The van der Waals surface area contributed by atoms with Crippen molar-refractivity contribution in [2.24, 2.45) is 5.41 Å². The summed E-state index contributed by atoms with van der Waals surface area (Å²) in [5.41, 5.74) is 2.67. The molecule has 1 N–H and O–H groups in total. The predicted octanol–water partition coefficient (Wildman–Crippen LogP) is 3.67. The number of ketones is 1. The van der Waals surface area contributed by atoms with Gasteiger partial charge in [0.2, 0.25) is 11.1 Å². The van der Waals surface area contributed by atoms with Gasteiger partial charge in [-0.25, -0.2) is 4.68 Å². The molecule has 1 aromatic heterocycles. The molecule has 1 aromatic carbocycles. The second-order valence-electron chi connectivity index (χ2n) is 7.50. The molecule has 4 rings (SSSR count). The van der Waals surface area contributed by atoms with E-state index in [0.717, 1.165) is 29.0 Å². The molecule has 1 aliphatic carbocycles. The average molecular weight is 370 g/mol. The average Bonchev–Trinajstić information content (AvgIpc) is 3.01. The topological polar surface area (TPSA) is 69.0 Å². The van der Waals surface area contributed by atoms with E-state index in [0.29, 0.717) is 17.5 Å². The van der Waals surface area contributed by atoms with E-state index in [9.17, 15) is 4.79 Å². The van der Waals surface area contributed by atoms with Gasteiger partial charge in [-0.05, 0) is 35.8 Å². The first-order chi connectivity index (χ1) is 12.4. The number of hydrogen-bond donors (Lipinski definition) is 1. The largest absolute Gasteiger partial charge is 0.497 e. The molecule has 6 nitrogen and oxygen atoms in total. The van der Waals surface area contributed by atoms with Crippen LogP contribution in [0, 0.1) is 5.41 Å². The van der Waals surface area contributed by atoms with Gasteiger partial charge in [0, 0.05) is 17.7 Å². The number of Topliss-reactive ketones (excluding diaryl/α,β-unsaturated/α-hetero) is 1. The molecule has 0 bridgehead atoms. The van der Waals surface area contributed by atoms with E-state index in [4.69, 9.17) is 4.74 Å². The number of thioether (sulfide) groups is 1. The van der Waals surface area contributed by atoms with E-state index in [2.05, 4.69) is 29.2 Å². The lowest BCUT2D eigenvalue weighted by Crippen LogP contribution is -2.36. The SMILES string of the molecule is COc1cccc([C@@H]2C3=C(CC(C)(C)CC3=O)Nc3nc(SC)nn32)c1. The number of carbonyl (C=O) groups is 1. The maximum atomic E-state index is 13.1. The molecule has 2 heterocycles. The van der Waals surface area contributed by atoms with Gasteiger partial charge in [0.05, 0.1) is 7.11 Å². The van der Waals surface area contributed by atoms with E-state index in [1.165, 1.54) is 11.8 Å². The number of anilines is 1. The monoisotopic (exact) mass is 370 g/mol. The number of fused-ring (bicyclic) bond motifs is 1. The number of allylic oxidation sites excluding steroid dienone is 2. The second kappa shape index (κ2) is 6.16. The summed E-state index contributed by atoms with van der Waals surface area (Å²) < 4.78 is 7.22. The first kappa shape index (κ1) is 17.1. The first-order valence-electron chi connectivity index (χ1n) is 8.59. The maximum Gasteiger partial charge on any atom is 0.227 e. The number of ether oxygens (including phenoxy) is 1. The highest BCUT2D eigenvalue weighted by Gasteiger charge is 2.41. The Morgan fingerprint density at radius 1 is 1.35 bits per heavy atom. The van der Waals surface area contributed by atoms with Crippen molar-refractivity contribution in [2.45, 2.75) is 37.9 Å². The van der Waals surface area contributed by atoms with E-state index in [-0.39, 0.29) is 17.2 Å². The minimum absolute atomic E-state index is 0.0631. The molecule has 26 heavy (non-hydrogen) atoms. The van der Waals surface area contributed by atoms with Crippen LogP contribution in [0.1, 0.15) is 38.3 Å². The molecular weight excluding hydrogens is 348 g/mol. The molecule has 0 radical (unpaired) electrons. The lowest BCUT2D eigenvalue weighted by atomic mass is 9.73. The molecule has 136 valence electrons. The minimum Gasteiger partial charge on any atom is -0.497 e. The lowest BCUT2D eigenvalue weighted by molar-refractivity contribution is -0.118. The zero-order chi connectivity index (χ0) is 18.5. The van der Waals surface area contributed by atoms with Gasteiger partial charge in [0.15, 0.2) is 5.78 Å². The number of methoxy groups -OCH3 is 1. The summed E-state index contributed by atoms with van der Waals surface area (Å²) in [5, 5.41) is 8.68. The Morgan fingerprint density at radius 2 is 2.15 bits per heavy atom.